The molecule has 1 fully saturated rings. The topological polar surface area (TPSA) is 70.9 Å². The van der Waals surface area contributed by atoms with E-state index in [9.17, 15) is 4.79 Å². The fourth-order valence-corrected chi connectivity index (χ4v) is 2.05. The molecule has 1 aliphatic heterocycles. The molecule has 4 N–H and O–H groups in total. The second kappa shape index (κ2) is 3.84. The van der Waals surface area contributed by atoms with Crippen LogP contribution >= 0.6 is 0 Å². The second-order valence-electron chi connectivity index (χ2n) is 3.69. The van der Waals surface area contributed by atoms with Gasteiger partial charge in [0.1, 0.15) is 0 Å². The highest BCUT2D eigenvalue weighted by atomic mass is 16.1. The number of hydrogen-bond acceptors (Lipinski definition) is 2. The number of piperidine rings is 1. The molecule has 1 aliphatic rings. The van der Waals surface area contributed by atoms with E-state index in [0.29, 0.717) is 11.5 Å². The predicted molar refractivity (Wildman–Crippen MR) is 54.2 cm³/mol. The van der Waals surface area contributed by atoms with Crippen molar-refractivity contribution < 1.29 is 4.79 Å². The zero-order chi connectivity index (χ0) is 9.97. The molecule has 0 aromatic carbocycles. The molecule has 0 spiro atoms. The fourth-order valence-electron chi connectivity index (χ4n) is 2.05. The zero-order valence-corrected chi connectivity index (χ0v) is 8.05. The summed E-state index contributed by atoms with van der Waals surface area (Å²) in [7, 11) is 0. The molecule has 1 saturated heterocycles. The van der Waals surface area contributed by atoms with Gasteiger partial charge in [0.05, 0.1) is 5.56 Å². The minimum Gasteiger partial charge on any atom is -0.366 e. The molecule has 0 aliphatic carbocycles. The van der Waals surface area contributed by atoms with Crippen molar-refractivity contribution in [3.8, 4) is 0 Å². The van der Waals surface area contributed by atoms with Crippen molar-refractivity contribution in [2.75, 3.05) is 13.1 Å². The molecule has 76 valence electrons. The van der Waals surface area contributed by atoms with Crippen LogP contribution in [0.5, 0.6) is 0 Å². The number of H-pyrrole nitrogens is 1. The SMILES string of the molecule is NC(=O)c1cc[nH]c1C1CCNCC1. The molecule has 0 bridgehead atoms. The van der Waals surface area contributed by atoms with Crippen LogP contribution in [0.1, 0.15) is 34.8 Å². The largest absolute Gasteiger partial charge is 0.366 e. The summed E-state index contributed by atoms with van der Waals surface area (Å²) in [5.41, 5.74) is 6.95. The average Bonchev–Trinajstić information content (AvgIpc) is 2.67. The van der Waals surface area contributed by atoms with E-state index in [-0.39, 0.29) is 5.91 Å². The second-order valence-corrected chi connectivity index (χ2v) is 3.69. The van der Waals surface area contributed by atoms with Crippen LogP contribution in [-0.2, 0) is 0 Å². The first-order chi connectivity index (χ1) is 6.79. The van der Waals surface area contributed by atoms with E-state index < -0.39 is 0 Å². The van der Waals surface area contributed by atoms with E-state index in [1.54, 1.807) is 12.3 Å². The summed E-state index contributed by atoms with van der Waals surface area (Å²) < 4.78 is 0. The van der Waals surface area contributed by atoms with Gasteiger partial charge >= 0.3 is 0 Å². The summed E-state index contributed by atoms with van der Waals surface area (Å²) in [4.78, 5) is 14.2. The van der Waals surface area contributed by atoms with Gasteiger partial charge in [-0.15, -0.1) is 0 Å². The quantitative estimate of drug-likeness (QED) is 0.643. The van der Waals surface area contributed by atoms with Crippen molar-refractivity contribution in [3.05, 3.63) is 23.5 Å². The van der Waals surface area contributed by atoms with Gasteiger partial charge in [0.2, 0.25) is 0 Å². The molecule has 1 aromatic heterocycles. The molecular formula is C10H15N3O. The monoisotopic (exact) mass is 193 g/mol. The van der Waals surface area contributed by atoms with Crippen LogP contribution in [0.15, 0.2) is 12.3 Å². The molecule has 14 heavy (non-hydrogen) atoms. The Balaban J connectivity index is 2.21. The Morgan fingerprint density at radius 2 is 2.14 bits per heavy atom. The molecule has 1 aromatic rings. The first-order valence-electron chi connectivity index (χ1n) is 4.97. The number of aromatic amines is 1. The highest BCUT2D eigenvalue weighted by Gasteiger charge is 2.20. The van der Waals surface area contributed by atoms with Crippen LogP contribution in [0.4, 0.5) is 0 Å². The van der Waals surface area contributed by atoms with Crippen LogP contribution < -0.4 is 11.1 Å². The normalized spacial score (nSPS) is 18.3. The van der Waals surface area contributed by atoms with Gasteiger partial charge in [0.25, 0.3) is 5.91 Å². The number of rotatable bonds is 2. The predicted octanol–water partition coefficient (Wildman–Crippen LogP) is 0.581. The van der Waals surface area contributed by atoms with Gasteiger partial charge in [0, 0.05) is 17.8 Å². The lowest BCUT2D eigenvalue weighted by Gasteiger charge is -2.22. The number of hydrogen-bond donors (Lipinski definition) is 3. The summed E-state index contributed by atoms with van der Waals surface area (Å²) >= 11 is 0. The Bertz CT molecular complexity index is 326. The minimum absolute atomic E-state index is 0.334. The lowest BCUT2D eigenvalue weighted by atomic mass is 9.92. The molecular weight excluding hydrogens is 178 g/mol. The van der Waals surface area contributed by atoms with Gasteiger partial charge in [-0.2, -0.15) is 0 Å². The lowest BCUT2D eigenvalue weighted by Crippen LogP contribution is -2.28. The first-order valence-corrected chi connectivity index (χ1v) is 4.97. The summed E-state index contributed by atoms with van der Waals surface area (Å²) in [6.45, 7) is 2.03. The highest BCUT2D eigenvalue weighted by molar-refractivity contribution is 5.94. The Labute approximate surface area is 82.9 Å². The smallest absolute Gasteiger partial charge is 0.250 e. The Kier molecular flexibility index (Phi) is 2.54. The molecule has 2 heterocycles. The number of carbonyl (C=O) groups is 1. The number of amides is 1. The van der Waals surface area contributed by atoms with Crippen molar-refractivity contribution in [2.24, 2.45) is 5.73 Å². The van der Waals surface area contributed by atoms with E-state index in [0.717, 1.165) is 31.6 Å². The summed E-state index contributed by atoms with van der Waals surface area (Å²) in [6.07, 6.45) is 3.93. The lowest BCUT2D eigenvalue weighted by molar-refractivity contribution is 0.0999. The molecule has 0 unspecified atom stereocenters. The van der Waals surface area contributed by atoms with E-state index in [4.69, 9.17) is 5.73 Å². The first kappa shape index (κ1) is 9.27. The van der Waals surface area contributed by atoms with Gasteiger partial charge in [-0.05, 0) is 32.0 Å². The Hall–Kier alpha value is -1.29. The Morgan fingerprint density at radius 3 is 2.79 bits per heavy atom. The van der Waals surface area contributed by atoms with Crippen molar-refractivity contribution >= 4 is 5.91 Å². The molecule has 2 rings (SSSR count). The highest BCUT2D eigenvalue weighted by Crippen LogP contribution is 2.26. The van der Waals surface area contributed by atoms with Crippen LogP contribution in [0, 0.1) is 0 Å². The molecule has 0 radical (unpaired) electrons. The van der Waals surface area contributed by atoms with Crippen LogP contribution in [0.3, 0.4) is 0 Å². The number of carbonyl (C=O) groups excluding carboxylic acids is 1. The summed E-state index contributed by atoms with van der Waals surface area (Å²) in [6, 6.07) is 1.76. The minimum atomic E-state index is -0.334. The standard InChI is InChI=1S/C10H15N3O/c11-10(14)8-3-6-13-9(8)7-1-4-12-5-2-7/h3,6-7,12-13H,1-2,4-5H2,(H2,11,14). The van der Waals surface area contributed by atoms with Crippen LogP contribution in [0.25, 0.3) is 0 Å². The maximum atomic E-state index is 11.1. The molecule has 1 amide bonds. The van der Waals surface area contributed by atoms with Gasteiger partial charge in [-0.3, -0.25) is 4.79 Å². The number of nitrogens with two attached hydrogens (primary N) is 1. The van der Waals surface area contributed by atoms with E-state index in [2.05, 4.69) is 10.3 Å². The van der Waals surface area contributed by atoms with Crippen molar-refractivity contribution in [3.63, 3.8) is 0 Å². The van der Waals surface area contributed by atoms with Gasteiger partial charge < -0.3 is 16.0 Å². The van der Waals surface area contributed by atoms with Crippen molar-refractivity contribution in [1.29, 1.82) is 0 Å². The summed E-state index contributed by atoms with van der Waals surface area (Å²) in [5.74, 6) is 0.119. The van der Waals surface area contributed by atoms with E-state index in [1.165, 1.54) is 0 Å². The van der Waals surface area contributed by atoms with Crippen LogP contribution in [0.2, 0.25) is 0 Å². The maximum Gasteiger partial charge on any atom is 0.250 e. The molecule has 0 atom stereocenters. The third kappa shape index (κ3) is 1.65. The maximum absolute atomic E-state index is 11.1. The molecule has 0 saturated carbocycles. The number of primary amides is 1. The van der Waals surface area contributed by atoms with E-state index in [1.807, 2.05) is 0 Å². The fraction of sp³-hybridized carbons (Fsp3) is 0.500. The Morgan fingerprint density at radius 1 is 1.43 bits per heavy atom. The van der Waals surface area contributed by atoms with Crippen molar-refractivity contribution in [1.82, 2.24) is 10.3 Å². The third-order valence-corrected chi connectivity index (χ3v) is 2.79. The molecule has 4 nitrogen and oxygen atoms in total. The van der Waals surface area contributed by atoms with E-state index >= 15 is 0 Å². The number of aromatic nitrogens is 1. The zero-order valence-electron chi connectivity index (χ0n) is 8.05. The van der Waals surface area contributed by atoms with Crippen LogP contribution in [-0.4, -0.2) is 24.0 Å². The average molecular weight is 193 g/mol. The number of nitrogens with one attached hydrogen (secondary N) is 2. The van der Waals surface area contributed by atoms with Crippen molar-refractivity contribution in [2.45, 2.75) is 18.8 Å². The van der Waals surface area contributed by atoms with Gasteiger partial charge in [-0.1, -0.05) is 0 Å². The third-order valence-electron chi connectivity index (χ3n) is 2.79. The van der Waals surface area contributed by atoms with Gasteiger partial charge in [0.15, 0.2) is 0 Å². The molecule has 4 heteroatoms. The van der Waals surface area contributed by atoms with Gasteiger partial charge in [-0.25, -0.2) is 0 Å². The summed E-state index contributed by atoms with van der Waals surface area (Å²) in [5, 5.41) is 3.30.